The molecule has 0 aromatic heterocycles. The zero-order valence-electron chi connectivity index (χ0n) is 9.89. The Morgan fingerprint density at radius 2 is 2.06 bits per heavy atom. The Kier molecular flexibility index (Phi) is 2.52. The van der Waals surface area contributed by atoms with Gasteiger partial charge in [-0.1, -0.05) is 24.3 Å². The highest BCUT2D eigenvalue weighted by Crippen LogP contribution is 2.38. The SMILES string of the molecule is CC1CCNC2c3ccccc3CC2S1(=O)=O. The van der Waals surface area contributed by atoms with Crippen molar-refractivity contribution in [1.29, 1.82) is 0 Å². The lowest BCUT2D eigenvalue weighted by atomic mass is 10.1. The maximum absolute atomic E-state index is 12.4. The van der Waals surface area contributed by atoms with Crippen molar-refractivity contribution in [3.05, 3.63) is 35.4 Å². The highest BCUT2D eigenvalue weighted by atomic mass is 32.2. The molecule has 1 aliphatic heterocycles. The van der Waals surface area contributed by atoms with Crippen LogP contribution in [0.4, 0.5) is 0 Å². The molecule has 0 saturated carbocycles. The predicted molar refractivity (Wildman–Crippen MR) is 67.7 cm³/mol. The highest BCUT2D eigenvalue weighted by molar-refractivity contribution is 7.92. The molecule has 0 bridgehead atoms. The zero-order valence-corrected chi connectivity index (χ0v) is 10.7. The molecular formula is C13H17NO2S. The van der Waals surface area contributed by atoms with Gasteiger partial charge in [-0.3, -0.25) is 0 Å². The fourth-order valence-corrected chi connectivity index (χ4v) is 5.09. The first-order valence-electron chi connectivity index (χ1n) is 6.14. The summed E-state index contributed by atoms with van der Waals surface area (Å²) in [6.07, 6.45) is 1.39. The maximum atomic E-state index is 12.4. The van der Waals surface area contributed by atoms with Gasteiger partial charge in [0, 0.05) is 6.04 Å². The van der Waals surface area contributed by atoms with E-state index in [4.69, 9.17) is 0 Å². The Morgan fingerprint density at radius 3 is 2.88 bits per heavy atom. The Bertz CT molecular complexity index is 538. The van der Waals surface area contributed by atoms with Crippen LogP contribution in [0.1, 0.15) is 30.5 Å². The molecule has 1 aromatic rings. The Hall–Kier alpha value is -0.870. The summed E-state index contributed by atoms with van der Waals surface area (Å²) in [4.78, 5) is 0. The van der Waals surface area contributed by atoms with E-state index in [0.29, 0.717) is 6.42 Å². The van der Waals surface area contributed by atoms with Gasteiger partial charge >= 0.3 is 0 Å². The van der Waals surface area contributed by atoms with Crippen LogP contribution in [0.2, 0.25) is 0 Å². The average Bonchev–Trinajstić information content (AvgIpc) is 2.64. The Morgan fingerprint density at radius 1 is 1.29 bits per heavy atom. The van der Waals surface area contributed by atoms with Crippen molar-refractivity contribution < 1.29 is 8.42 Å². The van der Waals surface area contributed by atoms with Crippen molar-refractivity contribution in [1.82, 2.24) is 5.32 Å². The summed E-state index contributed by atoms with van der Waals surface area (Å²) in [5.74, 6) is 0. The van der Waals surface area contributed by atoms with Crippen LogP contribution < -0.4 is 5.32 Å². The van der Waals surface area contributed by atoms with E-state index >= 15 is 0 Å². The molecule has 4 heteroatoms. The monoisotopic (exact) mass is 251 g/mol. The molecule has 1 heterocycles. The molecule has 1 fully saturated rings. The number of benzene rings is 1. The van der Waals surface area contributed by atoms with Gasteiger partial charge in [0.15, 0.2) is 9.84 Å². The normalized spacial score (nSPS) is 34.8. The average molecular weight is 251 g/mol. The molecule has 0 amide bonds. The third-order valence-electron chi connectivity index (χ3n) is 4.08. The van der Waals surface area contributed by atoms with E-state index in [-0.39, 0.29) is 16.5 Å². The molecule has 1 saturated heterocycles. The molecule has 3 unspecified atom stereocenters. The van der Waals surface area contributed by atoms with Crippen LogP contribution in [-0.4, -0.2) is 25.5 Å². The first kappa shape index (κ1) is 11.2. The van der Waals surface area contributed by atoms with E-state index in [1.165, 1.54) is 11.1 Å². The van der Waals surface area contributed by atoms with E-state index in [9.17, 15) is 8.42 Å². The summed E-state index contributed by atoms with van der Waals surface area (Å²) < 4.78 is 24.9. The smallest absolute Gasteiger partial charge is 0.157 e. The number of hydrogen-bond acceptors (Lipinski definition) is 3. The van der Waals surface area contributed by atoms with Gasteiger partial charge in [-0.15, -0.1) is 0 Å². The molecule has 3 nitrogen and oxygen atoms in total. The van der Waals surface area contributed by atoms with Gasteiger partial charge < -0.3 is 5.32 Å². The lowest BCUT2D eigenvalue weighted by Crippen LogP contribution is -2.34. The van der Waals surface area contributed by atoms with Crippen molar-refractivity contribution in [2.75, 3.05) is 6.54 Å². The summed E-state index contributed by atoms with van der Waals surface area (Å²) >= 11 is 0. The van der Waals surface area contributed by atoms with Gasteiger partial charge in [0.2, 0.25) is 0 Å². The van der Waals surface area contributed by atoms with Gasteiger partial charge in [0.05, 0.1) is 10.5 Å². The molecule has 1 aromatic carbocycles. The van der Waals surface area contributed by atoms with Crippen molar-refractivity contribution in [2.24, 2.45) is 0 Å². The molecule has 1 N–H and O–H groups in total. The van der Waals surface area contributed by atoms with Gasteiger partial charge in [-0.05, 0) is 37.4 Å². The third kappa shape index (κ3) is 1.62. The van der Waals surface area contributed by atoms with Gasteiger partial charge in [-0.25, -0.2) is 8.42 Å². The molecule has 3 rings (SSSR count). The first-order valence-corrected chi connectivity index (χ1v) is 7.75. The molecule has 17 heavy (non-hydrogen) atoms. The van der Waals surface area contributed by atoms with Gasteiger partial charge in [0.1, 0.15) is 0 Å². The Labute approximate surface area is 102 Å². The van der Waals surface area contributed by atoms with Crippen LogP contribution >= 0.6 is 0 Å². The fourth-order valence-electron chi connectivity index (χ4n) is 3.01. The lowest BCUT2D eigenvalue weighted by Gasteiger charge is -2.19. The molecule has 3 atom stereocenters. The van der Waals surface area contributed by atoms with E-state index in [0.717, 1.165) is 13.0 Å². The van der Waals surface area contributed by atoms with Crippen LogP contribution in [0, 0.1) is 0 Å². The molecular weight excluding hydrogens is 234 g/mol. The first-order chi connectivity index (χ1) is 8.10. The molecule has 92 valence electrons. The number of rotatable bonds is 0. The van der Waals surface area contributed by atoms with Gasteiger partial charge in [-0.2, -0.15) is 0 Å². The van der Waals surface area contributed by atoms with Crippen molar-refractivity contribution in [3.8, 4) is 0 Å². The van der Waals surface area contributed by atoms with E-state index < -0.39 is 9.84 Å². The second kappa shape index (κ2) is 3.82. The zero-order chi connectivity index (χ0) is 12.0. The number of sulfone groups is 1. The van der Waals surface area contributed by atoms with Crippen LogP contribution in [0.3, 0.4) is 0 Å². The summed E-state index contributed by atoms with van der Waals surface area (Å²) in [6, 6.07) is 8.08. The summed E-state index contributed by atoms with van der Waals surface area (Å²) in [5.41, 5.74) is 2.36. The summed E-state index contributed by atoms with van der Waals surface area (Å²) in [5, 5.41) is 2.92. The standard InChI is InChI=1S/C13H17NO2S/c1-9-6-7-14-13-11-5-3-2-4-10(11)8-12(13)17(9,15)16/h2-5,9,12-14H,6-8H2,1H3. The number of nitrogens with one attached hydrogen (secondary N) is 1. The fraction of sp³-hybridized carbons (Fsp3) is 0.538. The summed E-state index contributed by atoms with van der Waals surface area (Å²) in [6.45, 7) is 2.62. The van der Waals surface area contributed by atoms with Crippen LogP contribution in [0.15, 0.2) is 24.3 Å². The van der Waals surface area contributed by atoms with Crippen LogP contribution in [-0.2, 0) is 16.3 Å². The third-order valence-corrected chi connectivity index (χ3v) is 6.72. The van der Waals surface area contributed by atoms with Gasteiger partial charge in [0.25, 0.3) is 0 Å². The second-order valence-corrected chi connectivity index (χ2v) is 7.65. The van der Waals surface area contributed by atoms with Crippen molar-refractivity contribution in [2.45, 2.75) is 36.3 Å². The summed E-state index contributed by atoms with van der Waals surface area (Å²) in [7, 11) is -3.01. The van der Waals surface area contributed by atoms with E-state index in [2.05, 4.69) is 11.4 Å². The molecule has 1 aliphatic carbocycles. The lowest BCUT2D eigenvalue weighted by molar-refractivity contribution is 0.528. The molecule has 0 spiro atoms. The highest BCUT2D eigenvalue weighted by Gasteiger charge is 2.44. The second-order valence-electron chi connectivity index (χ2n) is 5.06. The van der Waals surface area contributed by atoms with Crippen molar-refractivity contribution >= 4 is 9.84 Å². The van der Waals surface area contributed by atoms with Crippen molar-refractivity contribution in [3.63, 3.8) is 0 Å². The van der Waals surface area contributed by atoms with Crippen LogP contribution in [0.5, 0.6) is 0 Å². The largest absolute Gasteiger partial charge is 0.309 e. The maximum Gasteiger partial charge on any atom is 0.157 e. The van der Waals surface area contributed by atoms with E-state index in [1.54, 1.807) is 0 Å². The van der Waals surface area contributed by atoms with E-state index in [1.807, 2.05) is 25.1 Å². The topological polar surface area (TPSA) is 46.2 Å². The quantitative estimate of drug-likeness (QED) is 0.759. The van der Waals surface area contributed by atoms with Crippen LogP contribution in [0.25, 0.3) is 0 Å². The minimum absolute atomic E-state index is 0.00106. The predicted octanol–water partition coefficient (Wildman–Crippen LogP) is 1.45. The molecule has 0 radical (unpaired) electrons. The molecule has 2 aliphatic rings. The number of hydrogen-bond donors (Lipinski definition) is 1. The minimum atomic E-state index is -3.01. The minimum Gasteiger partial charge on any atom is -0.309 e. The number of fused-ring (bicyclic) bond motifs is 3. The Balaban J connectivity index is 2.09.